The van der Waals surface area contributed by atoms with E-state index in [1.54, 1.807) is 0 Å². The molecular weight excluding hydrogens is 192 g/mol. The van der Waals surface area contributed by atoms with E-state index >= 15 is 0 Å². The molecule has 0 aliphatic rings. The first kappa shape index (κ1) is 10.7. The molecule has 0 atom stereocenters. The van der Waals surface area contributed by atoms with Crippen LogP contribution in [0.5, 0.6) is 0 Å². The van der Waals surface area contributed by atoms with Crippen molar-refractivity contribution in [2.75, 3.05) is 0 Å². The van der Waals surface area contributed by atoms with Gasteiger partial charge in [-0.25, -0.2) is 0 Å². The minimum atomic E-state index is 1.05. The predicted molar refractivity (Wildman–Crippen MR) is 71.0 cm³/mol. The molecule has 1 radical (unpaired) electrons. The van der Waals surface area contributed by atoms with Crippen LogP contribution in [0.4, 0.5) is 0 Å². The van der Waals surface area contributed by atoms with Gasteiger partial charge in [0, 0.05) is 0 Å². The third-order valence-electron chi connectivity index (χ3n) is 2.56. The van der Waals surface area contributed by atoms with E-state index in [2.05, 4.69) is 49.4 Å². The maximum absolute atomic E-state index is 3.88. The van der Waals surface area contributed by atoms with Gasteiger partial charge in [0.25, 0.3) is 0 Å². The van der Waals surface area contributed by atoms with Crippen molar-refractivity contribution in [1.29, 1.82) is 0 Å². The van der Waals surface area contributed by atoms with Crippen molar-refractivity contribution < 1.29 is 0 Å². The zero-order valence-electron chi connectivity index (χ0n) is 9.48. The minimum Gasteiger partial charge on any atom is -0.0871 e. The molecule has 0 aromatic heterocycles. The van der Waals surface area contributed by atoms with Crippen LogP contribution in [0.3, 0.4) is 0 Å². The normalized spacial score (nSPS) is 10.9. The van der Waals surface area contributed by atoms with Gasteiger partial charge in [-0.1, -0.05) is 60.7 Å². The van der Waals surface area contributed by atoms with Gasteiger partial charge in [0.15, 0.2) is 0 Å². The Morgan fingerprint density at radius 3 is 1.81 bits per heavy atom. The fourth-order valence-electron chi connectivity index (χ4n) is 1.68. The summed E-state index contributed by atoms with van der Waals surface area (Å²) >= 11 is 0. The highest BCUT2D eigenvalue weighted by Crippen LogP contribution is 2.20. The van der Waals surface area contributed by atoms with Crippen molar-refractivity contribution >= 4 is 6.08 Å². The third kappa shape index (κ3) is 2.40. The molecule has 16 heavy (non-hydrogen) atoms. The number of rotatable bonds is 2. The number of hydrogen-bond donors (Lipinski definition) is 0. The van der Waals surface area contributed by atoms with Gasteiger partial charge in [0.05, 0.1) is 0 Å². The molecule has 2 rings (SSSR count). The van der Waals surface area contributed by atoms with E-state index in [0.717, 1.165) is 5.56 Å². The molecule has 0 aliphatic carbocycles. The molecule has 0 heterocycles. The summed E-state index contributed by atoms with van der Waals surface area (Å²) in [6.45, 7) is 5.91. The molecule has 2 aromatic carbocycles. The highest BCUT2D eigenvalue weighted by Gasteiger charge is 1.96. The van der Waals surface area contributed by atoms with Crippen LogP contribution < -0.4 is 0 Å². The Labute approximate surface area is 97.3 Å². The van der Waals surface area contributed by atoms with Crippen molar-refractivity contribution in [3.8, 4) is 11.1 Å². The summed E-state index contributed by atoms with van der Waals surface area (Å²) in [6, 6.07) is 16.8. The molecule has 0 nitrogen and oxygen atoms in total. The number of hydrogen-bond acceptors (Lipinski definition) is 0. The first-order valence-corrected chi connectivity index (χ1v) is 5.45. The van der Waals surface area contributed by atoms with Crippen LogP contribution >= 0.6 is 0 Å². The second kappa shape index (κ2) is 4.80. The highest BCUT2D eigenvalue weighted by atomic mass is 14.0. The summed E-state index contributed by atoms with van der Waals surface area (Å²) in [4.78, 5) is 0. The van der Waals surface area contributed by atoms with E-state index < -0.39 is 0 Å². The molecule has 0 aliphatic heterocycles. The molecular formula is C16H15. The Balaban J connectivity index is 2.31. The van der Waals surface area contributed by atoms with Crippen LogP contribution in [0.25, 0.3) is 17.2 Å². The van der Waals surface area contributed by atoms with Gasteiger partial charge in [-0.2, -0.15) is 0 Å². The molecule has 0 unspecified atom stereocenters. The van der Waals surface area contributed by atoms with E-state index in [1.807, 2.05) is 25.1 Å². The van der Waals surface area contributed by atoms with Crippen LogP contribution in [0.2, 0.25) is 0 Å². The predicted octanol–water partition coefficient (Wildman–Crippen LogP) is 4.57. The van der Waals surface area contributed by atoms with Crippen molar-refractivity contribution in [2.45, 2.75) is 6.92 Å². The zero-order chi connectivity index (χ0) is 11.4. The zero-order valence-corrected chi connectivity index (χ0v) is 9.48. The Bertz CT molecular complexity index is 472. The molecule has 0 saturated heterocycles. The summed E-state index contributed by atoms with van der Waals surface area (Å²) in [6.07, 6.45) is 4.15. The van der Waals surface area contributed by atoms with Crippen LogP contribution in [0.1, 0.15) is 18.1 Å². The third-order valence-corrected chi connectivity index (χ3v) is 2.56. The monoisotopic (exact) mass is 207 g/mol. The lowest BCUT2D eigenvalue weighted by atomic mass is 10.0. The molecule has 0 amide bonds. The van der Waals surface area contributed by atoms with Crippen LogP contribution in [0.15, 0.2) is 54.6 Å². The van der Waals surface area contributed by atoms with Crippen molar-refractivity contribution in [3.05, 3.63) is 72.7 Å². The van der Waals surface area contributed by atoms with E-state index in [9.17, 15) is 0 Å². The Hall–Kier alpha value is -1.82. The maximum Gasteiger partial charge on any atom is -0.0184 e. The molecule has 0 saturated carbocycles. The topological polar surface area (TPSA) is 0 Å². The lowest BCUT2D eigenvalue weighted by molar-refractivity contribution is 1.56. The van der Waals surface area contributed by atoms with Gasteiger partial charge in [-0.05, 0) is 36.1 Å². The van der Waals surface area contributed by atoms with Crippen LogP contribution in [0, 0.1) is 6.92 Å². The Kier molecular flexibility index (Phi) is 3.21. The first-order valence-electron chi connectivity index (χ1n) is 5.45. The fourth-order valence-corrected chi connectivity index (χ4v) is 1.68. The number of allylic oxidation sites excluding steroid dienone is 1. The summed E-state index contributed by atoms with van der Waals surface area (Å²) in [5.74, 6) is 0. The highest BCUT2D eigenvalue weighted by molar-refractivity contribution is 5.66. The van der Waals surface area contributed by atoms with E-state index in [1.165, 1.54) is 16.7 Å². The molecule has 2 aromatic rings. The van der Waals surface area contributed by atoms with Crippen molar-refractivity contribution in [1.82, 2.24) is 0 Å². The SMILES string of the molecule is [CH2]c1ccc(-c2ccc(/C=C\C)cc2)cc1. The fraction of sp³-hybridized carbons (Fsp3) is 0.0625. The van der Waals surface area contributed by atoms with Crippen molar-refractivity contribution in [3.63, 3.8) is 0 Å². The largest absolute Gasteiger partial charge is 0.0871 e. The van der Waals surface area contributed by atoms with E-state index in [-0.39, 0.29) is 0 Å². The van der Waals surface area contributed by atoms with Gasteiger partial charge in [-0.3, -0.25) is 0 Å². The quantitative estimate of drug-likeness (QED) is 0.676. The lowest BCUT2D eigenvalue weighted by Gasteiger charge is -2.02. The van der Waals surface area contributed by atoms with E-state index in [4.69, 9.17) is 0 Å². The second-order valence-corrected chi connectivity index (χ2v) is 3.82. The molecule has 0 fully saturated rings. The van der Waals surface area contributed by atoms with Gasteiger partial charge in [0.1, 0.15) is 0 Å². The van der Waals surface area contributed by atoms with E-state index in [0.29, 0.717) is 0 Å². The average Bonchev–Trinajstić information content (AvgIpc) is 2.32. The summed E-state index contributed by atoms with van der Waals surface area (Å²) in [5.41, 5.74) is 4.77. The maximum atomic E-state index is 3.88. The van der Waals surface area contributed by atoms with Gasteiger partial charge in [0.2, 0.25) is 0 Å². The van der Waals surface area contributed by atoms with Crippen LogP contribution in [-0.4, -0.2) is 0 Å². The van der Waals surface area contributed by atoms with Crippen molar-refractivity contribution in [2.24, 2.45) is 0 Å². The standard InChI is InChI=1S/C16H15/c1-3-4-14-7-11-16(12-8-14)15-9-5-13(2)6-10-15/h3-12H,2H2,1H3/b4-3-. The van der Waals surface area contributed by atoms with Crippen LogP contribution in [-0.2, 0) is 0 Å². The molecule has 0 N–H and O–H groups in total. The number of benzene rings is 2. The smallest absolute Gasteiger partial charge is 0.0184 e. The summed E-state index contributed by atoms with van der Waals surface area (Å²) in [7, 11) is 0. The molecule has 79 valence electrons. The summed E-state index contributed by atoms with van der Waals surface area (Å²) < 4.78 is 0. The molecule has 0 heteroatoms. The summed E-state index contributed by atoms with van der Waals surface area (Å²) in [5, 5.41) is 0. The average molecular weight is 207 g/mol. The minimum absolute atomic E-state index is 1.05. The molecule has 0 spiro atoms. The second-order valence-electron chi connectivity index (χ2n) is 3.82. The van der Waals surface area contributed by atoms with Gasteiger partial charge < -0.3 is 0 Å². The molecule has 0 bridgehead atoms. The lowest BCUT2D eigenvalue weighted by Crippen LogP contribution is -1.79. The Morgan fingerprint density at radius 2 is 1.31 bits per heavy atom. The first-order chi connectivity index (χ1) is 7.79. The van der Waals surface area contributed by atoms with Gasteiger partial charge in [-0.15, -0.1) is 0 Å². The van der Waals surface area contributed by atoms with Gasteiger partial charge >= 0.3 is 0 Å². The Morgan fingerprint density at radius 1 is 0.812 bits per heavy atom.